The molecule has 5 atom stereocenters. The lowest BCUT2D eigenvalue weighted by molar-refractivity contribution is -0.166. The highest BCUT2D eigenvalue weighted by molar-refractivity contribution is 5.95. The molecule has 2 fully saturated rings. The number of hydrogen-bond acceptors (Lipinski definition) is 8. The maximum absolute atomic E-state index is 11.9. The molecule has 0 spiro atoms. The van der Waals surface area contributed by atoms with Gasteiger partial charge in [-0.25, -0.2) is 24.5 Å². The Kier molecular flexibility index (Phi) is 5.92. The largest absolute Gasteiger partial charge is 0.479 e. The van der Waals surface area contributed by atoms with Crippen molar-refractivity contribution in [3.63, 3.8) is 0 Å². The number of benzene rings is 1. The van der Waals surface area contributed by atoms with Crippen LogP contribution in [0.1, 0.15) is 18.7 Å². The van der Waals surface area contributed by atoms with Gasteiger partial charge >= 0.3 is 12.0 Å². The van der Waals surface area contributed by atoms with Crippen LogP contribution in [-0.4, -0.2) is 67.8 Å². The zero-order valence-corrected chi connectivity index (χ0v) is 18.1. The van der Waals surface area contributed by atoms with Gasteiger partial charge in [0.2, 0.25) is 0 Å². The number of nitrogens with zero attached hydrogens (tertiary/aromatic N) is 4. The second kappa shape index (κ2) is 9.17. The van der Waals surface area contributed by atoms with Gasteiger partial charge in [-0.3, -0.25) is 9.88 Å². The first-order valence-electron chi connectivity index (χ1n) is 10.7. The molecule has 12 nitrogen and oxygen atoms in total. The minimum atomic E-state index is -1.24. The second-order valence-electron chi connectivity index (χ2n) is 7.66. The van der Waals surface area contributed by atoms with E-state index in [1.165, 1.54) is 12.7 Å². The van der Waals surface area contributed by atoms with Gasteiger partial charge in [-0.2, -0.15) is 0 Å². The van der Waals surface area contributed by atoms with Crippen LogP contribution in [0.2, 0.25) is 0 Å². The summed E-state index contributed by atoms with van der Waals surface area (Å²) in [6, 6.07) is 9.18. The zero-order valence-electron chi connectivity index (χ0n) is 18.1. The number of aliphatic carboxylic acids is 1. The minimum absolute atomic E-state index is 0.214. The number of anilines is 1. The van der Waals surface area contributed by atoms with E-state index in [1.807, 2.05) is 36.4 Å². The van der Waals surface area contributed by atoms with Crippen LogP contribution in [0.3, 0.4) is 0 Å². The number of nitrogens with one attached hydrogen (secondary N) is 2. The minimum Gasteiger partial charge on any atom is -0.479 e. The van der Waals surface area contributed by atoms with Crippen molar-refractivity contribution in [3.8, 4) is 0 Å². The molecule has 3 N–H and O–H groups in total. The van der Waals surface area contributed by atoms with Gasteiger partial charge in [0.05, 0.1) is 6.33 Å². The van der Waals surface area contributed by atoms with E-state index in [9.17, 15) is 14.7 Å². The summed E-state index contributed by atoms with van der Waals surface area (Å²) < 4.78 is 19.3. The molecule has 1 aromatic carbocycles. The number of carboxylic acid groups (broad SMARTS) is 1. The van der Waals surface area contributed by atoms with E-state index >= 15 is 0 Å². The van der Waals surface area contributed by atoms with Gasteiger partial charge in [0, 0.05) is 6.54 Å². The summed E-state index contributed by atoms with van der Waals surface area (Å²) in [6.45, 7) is 2.24. The zero-order chi connectivity index (χ0) is 23.7. The van der Waals surface area contributed by atoms with Crippen molar-refractivity contribution in [2.75, 3.05) is 11.9 Å². The number of aromatic nitrogens is 4. The van der Waals surface area contributed by atoms with Crippen molar-refractivity contribution < 1.29 is 28.9 Å². The number of carbonyl (C=O) groups excluding carboxylic acids is 1. The summed E-state index contributed by atoms with van der Waals surface area (Å²) in [6.07, 6.45) is 1.89. The molecule has 12 heteroatoms. The van der Waals surface area contributed by atoms with E-state index < -0.39 is 42.8 Å². The highest BCUT2D eigenvalue weighted by Gasteiger charge is 2.56. The van der Waals surface area contributed by atoms with Crippen molar-refractivity contribution in [1.82, 2.24) is 24.8 Å². The Morgan fingerprint density at radius 3 is 2.68 bits per heavy atom. The van der Waals surface area contributed by atoms with Crippen molar-refractivity contribution in [2.45, 2.75) is 37.8 Å². The van der Waals surface area contributed by atoms with E-state index in [2.05, 4.69) is 25.6 Å². The Balaban J connectivity index is 1.42. The molecule has 34 heavy (non-hydrogen) atoms. The van der Waals surface area contributed by atoms with Crippen LogP contribution in [0.5, 0.6) is 0 Å². The lowest BCUT2D eigenvalue weighted by Crippen LogP contribution is -2.34. The smallest absolute Gasteiger partial charge is 0.335 e. The van der Waals surface area contributed by atoms with Gasteiger partial charge in [-0.1, -0.05) is 36.4 Å². The fourth-order valence-electron chi connectivity index (χ4n) is 3.98. The van der Waals surface area contributed by atoms with Crippen molar-refractivity contribution in [3.05, 3.63) is 54.6 Å². The van der Waals surface area contributed by atoms with Crippen molar-refractivity contribution in [1.29, 1.82) is 0 Å². The summed E-state index contributed by atoms with van der Waals surface area (Å²) >= 11 is 0. The highest BCUT2D eigenvalue weighted by atomic mass is 16.8. The predicted octanol–water partition coefficient (Wildman–Crippen LogP) is 1.77. The number of ether oxygens (including phenoxy) is 3. The predicted molar refractivity (Wildman–Crippen MR) is 119 cm³/mol. The fraction of sp³-hybridized carbons (Fsp3) is 0.318. The van der Waals surface area contributed by atoms with Gasteiger partial charge in [0.25, 0.3) is 0 Å². The summed E-state index contributed by atoms with van der Waals surface area (Å²) in [5.74, 6) is -0.947. The van der Waals surface area contributed by atoms with Crippen LogP contribution < -0.4 is 10.6 Å². The maximum Gasteiger partial charge on any atom is 0.335 e. The number of imidazole rings is 1. The molecule has 176 valence electrons. The first-order valence-corrected chi connectivity index (χ1v) is 10.7. The molecule has 0 aliphatic carbocycles. The number of rotatable bonds is 6. The van der Waals surface area contributed by atoms with Gasteiger partial charge in [-0.15, -0.1) is 0 Å². The first-order chi connectivity index (χ1) is 16.5. The first kappa shape index (κ1) is 21.9. The summed E-state index contributed by atoms with van der Waals surface area (Å²) in [5.41, 5.74) is 1.63. The molecule has 0 saturated carbocycles. The molecule has 0 radical (unpaired) electrons. The van der Waals surface area contributed by atoms with Crippen molar-refractivity contribution >= 4 is 35.1 Å². The highest BCUT2D eigenvalue weighted by Crippen LogP contribution is 2.41. The SMILES string of the molecule is CCNC(=O)Nc1ncnc2c1ncn2C1OC(C(=O)O)C2O[C@H](C=Cc3ccccc3)O[C@@H]21. The maximum atomic E-state index is 11.9. The van der Waals surface area contributed by atoms with Crippen LogP contribution in [-0.2, 0) is 19.0 Å². The van der Waals surface area contributed by atoms with E-state index in [0.717, 1.165) is 5.56 Å². The lowest BCUT2D eigenvalue weighted by Gasteiger charge is -2.19. The molecule has 0 bridgehead atoms. The average molecular weight is 466 g/mol. The Morgan fingerprint density at radius 1 is 1.12 bits per heavy atom. The molecule has 2 amide bonds. The summed E-state index contributed by atoms with van der Waals surface area (Å²) in [7, 11) is 0. The second-order valence-corrected chi connectivity index (χ2v) is 7.66. The van der Waals surface area contributed by atoms with Crippen molar-refractivity contribution in [2.24, 2.45) is 0 Å². The van der Waals surface area contributed by atoms with E-state index in [1.54, 1.807) is 17.6 Å². The average Bonchev–Trinajstić information content (AvgIpc) is 3.52. The van der Waals surface area contributed by atoms with Crippen LogP contribution in [0, 0.1) is 0 Å². The van der Waals surface area contributed by atoms with Gasteiger partial charge in [0.1, 0.15) is 18.5 Å². The Hall–Kier alpha value is -3.87. The molecular formula is C22H22N6O6. The van der Waals surface area contributed by atoms with Crippen LogP contribution in [0.25, 0.3) is 17.2 Å². The van der Waals surface area contributed by atoms with E-state index in [-0.39, 0.29) is 5.82 Å². The van der Waals surface area contributed by atoms with Crippen LogP contribution in [0.15, 0.2) is 49.1 Å². The van der Waals surface area contributed by atoms with Crippen LogP contribution >= 0.6 is 0 Å². The molecular weight excluding hydrogens is 444 g/mol. The normalized spacial score (nSPS) is 26.1. The summed E-state index contributed by atoms with van der Waals surface area (Å²) in [4.78, 5) is 36.5. The number of urea groups is 1. The third-order valence-corrected chi connectivity index (χ3v) is 5.46. The number of carbonyl (C=O) groups is 2. The Labute approximate surface area is 193 Å². The number of hydrogen-bond donors (Lipinski definition) is 3. The van der Waals surface area contributed by atoms with E-state index in [0.29, 0.717) is 17.7 Å². The number of carboxylic acids is 1. The van der Waals surface area contributed by atoms with Gasteiger partial charge in [-0.05, 0) is 18.6 Å². The Bertz CT molecular complexity index is 1230. The number of fused-ring (bicyclic) bond motifs is 2. The molecule has 2 aromatic heterocycles. The quantitative estimate of drug-likeness (QED) is 0.494. The molecule has 4 heterocycles. The molecule has 3 aromatic rings. The Morgan fingerprint density at radius 2 is 1.91 bits per heavy atom. The van der Waals surface area contributed by atoms with Crippen LogP contribution in [0.4, 0.5) is 10.6 Å². The van der Waals surface area contributed by atoms with Gasteiger partial charge < -0.3 is 24.6 Å². The molecule has 2 saturated heterocycles. The molecule has 2 aliphatic heterocycles. The standard InChI is InChI=1S/C22H22N6O6/c1-2-23-22(31)27-18-14-19(25-10-24-18)28(11-26-14)20-16-15(17(34-20)21(29)30)32-13(33-16)9-8-12-6-4-3-5-7-12/h3-11,13,15-17,20H,2H2,1H3,(H,29,30)(H2,23,24,25,27,31)/t13-,15?,16-,17?,20?/m0/s1. The lowest BCUT2D eigenvalue weighted by atomic mass is 10.1. The topological polar surface area (TPSA) is 150 Å². The van der Waals surface area contributed by atoms with E-state index in [4.69, 9.17) is 14.2 Å². The third-order valence-electron chi connectivity index (χ3n) is 5.46. The molecule has 2 aliphatic rings. The fourth-order valence-corrected chi connectivity index (χ4v) is 3.98. The molecule has 3 unspecified atom stereocenters. The third kappa shape index (κ3) is 4.09. The number of amides is 2. The molecule has 5 rings (SSSR count). The summed E-state index contributed by atoms with van der Waals surface area (Å²) in [5, 5.41) is 14.9. The monoisotopic (exact) mass is 466 g/mol. The van der Waals surface area contributed by atoms with Gasteiger partial charge in [0.15, 0.2) is 35.6 Å².